The minimum absolute atomic E-state index is 0.0204. The van der Waals surface area contributed by atoms with Crippen LogP contribution in [0, 0.1) is 5.92 Å². The summed E-state index contributed by atoms with van der Waals surface area (Å²) in [5, 5.41) is 2.79. The summed E-state index contributed by atoms with van der Waals surface area (Å²) in [5.41, 5.74) is 0.801. The highest BCUT2D eigenvalue weighted by molar-refractivity contribution is 5.87. The van der Waals surface area contributed by atoms with Crippen molar-refractivity contribution >= 4 is 11.8 Å². The molecule has 2 fully saturated rings. The number of benzene rings is 1. The van der Waals surface area contributed by atoms with Crippen LogP contribution in [0.5, 0.6) is 11.5 Å². The molecule has 8 nitrogen and oxygen atoms in total. The molecule has 176 valence electrons. The number of ether oxygens (including phenoxy) is 2. The molecule has 1 aliphatic carbocycles. The van der Waals surface area contributed by atoms with E-state index < -0.39 is 12.7 Å². The van der Waals surface area contributed by atoms with Crippen molar-refractivity contribution in [3.05, 3.63) is 48.0 Å². The molecule has 2 amide bonds. The van der Waals surface area contributed by atoms with Crippen LogP contribution in [0.2, 0.25) is 0 Å². The number of nitrogens with one attached hydrogen (secondary N) is 1. The van der Waals surface area contributed by atoms with Crippen LogP contribution in [0.1, 0.15) is 43.5 Å². The maximum absolute atomic E-state index is 12.8. The Balaban J connectivity index is 1.47. The highest BCUT2D eigenvalue weighted by Crippen LogP contribution is 2.38. The number of carbonyl (C=O) groups is 2. The summed E-state index contributed by atoms with van der Waals surface area (Å²) in [4.78, 5) is 34.8. The first-order valence-electron chi connectivity index (χ1n) is 10.9. The molecule has 1 N–H and O–H groups in total. The number of likely N-dealkylation sites (tertiary alicyclic amines) is 1. The third-order valence-corrected chi connectivity index (χ3v) is 5.87. The van der Waals surface area contributed by atoms with Crippen molar-refractivity contribution in [2.24, 2.45) is 5.92 Å². The monoisotopic (exact) mass is 460 g/mol. The molecule has 0 bridgehead atoms. The van der Waals surface area contributed by atoms with E-state index in [9.17, 15) is 18.4 Å². The smallest absolute Gasteiger partial charge is 0.387 e. The molecule has 0 radical (unpaired) electrons. The Hall–Kier alpha value is -3.30. The third-order valence-electron chi connectivity index (χ3n) is 5.87. The van der Waals surface area contributed by atoms with Gasteiger partial charge in [0.2, 0.25) is 11.8 Å². The molecule has 0 spiro atoms. The summed E-state index contributed by atoms with van der Waals surface area (Å²) < 4.78 is 36.0. The van der Waals surface area contributed by atoms with Crippen molar-refractivity contribution in [3.8, 4) is 11.5 Å². The Morgan fingerprint density at radius 1 is 1.21 bits per heavy atom. The van der Waals surface area contributed by atoms with Crippen molar-refractivity contribution < 1.29 is 27.8 Å². The van der Waals surface area contributed by atoms with E-state index in [0.29, 0.717) is 31.3 Å². The van der Waals surface area contributed by atoms with Gasteiger partial charge in [-0.05, 0) is 48.9 Å². The molecular formula is C23H26F2N4O4. The second-order valence-electron chi connectivity index (χ2n) is 8.34. The number of hydrogen-bond donors (Lipinski definition) is 1. The van der Waals surface area contributed by atoms with Crippen LogP contribution in [0.25, 0.3) is 0 Å². The molecule has 2 heterocycles. The van der Waals surface area contributed by atoms with Crippen LogP contribution in [0.3, 0.4) is 0 Å². The normalized spacial score (nSPS) is 20.1. The van der Waals surface area contributed by atoms with Crippen LogP contribution in [0.4, 0.5) is 8.78 Å². The summed E-state index contributed by atoms with van der Waals surface area (Å²) in [6.07, 6.45) is 5.70. The Bertz CT molecular complexity index is 988. The number of rotatable bonds is 9. The van der Waals surface area contributed by atoms with E-state index in [-0.39, 0.29) is 35.8 Å². The number of nitrogens with zero attached hydrogens (tertiary/aromatic N) is 3. The van der Waals surface area contributed by atoms with Gasteiger partial charge in [0.25, 0.3) is 0 Å². The number of alkyl halides is 2. The van der Waals surface area contributed by atoms with Gasteiger partial charge in [-0.1, -0.05) is 6.07 Å². The van der Waals surface area contributed by atoms with E-state index in [2.05, 4.69) is 20.0 Å². The molecule has 33 heavy (non-hydrogen) atoms. The lowest BCUT2D eigenvalue weighted by Gasteiger charge is -2.22. The molecule has 2 atom stereocenters. The fraction of sp³-hybridized carbons (Fsp3) is 0.478. The lowest BCUT2D eigenvalue weighted by molar-refractivity contribution is -0.136. The van der Waals surface area contributed by atoms with Crippen molar-refractivity contribution in [1.29, 1.82) is 0 Å². The molecule has 2 aliphatic rings. The average Bonchev–Trinajstić information content (AvgIpc) is 3.52. The van der Waals surface area contributed by atoms with Gasteiger partial charge in [-0.15, -0.1) is 0 Å². The lowest BCUT2D eigenvalue weighted by Crippen LogP contribution is -2.45. The van der Waals surface area contributed by atoms with Gasteiger partial charge in [0, 0.05) is 31.8 Å². The first-order chi connectivity index (χ1) is 15.9. The van der Waals surface area contributed by atoms with E-state index in [0.717, 1.165) is 18.4 Å². The van der Waals surface area contributed by atoms with E-state index >= 15 is 0 Å². The summed E-state index contributed by atoms with van der Waals surface area (Å²) in [6.45, 7) is -0.592. The molecule has 1 aromatic carbocycles. The Labute approximate surface area is 190 Å². The minimum atomic E-state index is -2.96. The van der Waals surface area contributed by atoms with Gasteiger partial charge in [0.15, 0.2) is 11.5 Å². The lowest BCUT2D eigenvalue weighted by atomic mass is 9.95. The first-order valence-corrected chi connectivity index (χ1v) is 10.9. The molecule has 4 rings (SSSR count). The summed E-state index contributed by atoms with van der Waals surface area (Å²) in [5.74, 6) is 0.494. The van der Waals surface area contributed by atoms with Crippen molar-refractivity contribution in [2.45, 2.75) is 51.3 Å². The average molecular weight is 460 g/mol. The number of hydrogen-bond acceptors (Lipinski definition) is 6. The van der Waals surface area contributed by atoms with Gasteiger partial charge in [-0.25, -0.2) is 9.97 Å². The molecule has 1 aromatic heterocycles. The van der Waals surface area contributed by atoms with Crippen molar-refractivity contribution in [1.82, 2.24) is 20.2 Å². The number of amides is 2. The molecule has 1 aliphatic heterocycles. The topological polar surface area (TPSA) is 93.7 Å². The fourth-order valence-corrected chi connectivity index (χ4v) is 3.96. The maximum Gasteiger partial charge on any atom is 0.387 e. The zero-order chi connectivity index (χ0) is 23.4. The van der Waals surface area contributed by atoms with E-state index in [4.69, 9.17) is 4.74 Å². The highest BCUT2D eigenvalue weighted by Gasteiger charge is 2.39. The van der Waals surface area contributed by atoms with Crippen LogP contribution in [-0.4, -0.2) is 52.5 Å². The number of carbonyl (C=O) groups excluding carboxylic acids is 2. The predicted octanol–water partition coefficient (Wildman–Crippen LogP) is 2.89. The van der Waals surface area contributed by atoms with Gasteiger partial charge in [0.1, 0.15) is 11.9 Å². The Morgan fingerprint density at radius 2 is 1.97 bits per heavy atom. The van der Waals surface area contributed by atoms with Gasteiger partial charge < -0.3 is 19.7 Å². The highest BCUT2D eigenvalue weighted by atomic mass is 19.3. The van der Waals surface area contributed by atoms with Gasteiger partial charge >= 0.3 is 6.61 Å². The molecule has 1 saturated carbocycles. The van der Waals surface area contributed by atoms with Gasteiger partial charge in [0.05, 0.1) is 13.2 Å². The van der Waals surface area contributed by atoms with Crippen molar-refractivity contribution in [2.75, 3.05) is 13.2 Å². The molecule has 10 heteroatoms. The zero-order valence-corrected chi connectivity index (χ0v) is 18.2. The zero-order valence-electron chi connectivity index (χ0n) is 18.2. The van der Waals surface area contributed by atoms with Crippen LogP contribution in [0.15, 0.2) is 36.7 Å². The third kappa shape index (κ3) is 5.94. The molecule has 2 unspecified atom stereocenters. The summed E-state index contributed by atoms with van der Waals surface area (Å²) >= 11 is 0. The van der Waals surface area contributed by atoms with Crippen molar-refractivity contribution in [3.63, 3.8) is 0 Å². The summed E-state index contributed by atoms with van der Waals surface area (Å²) in [6, 6.07) is 5.86. The van der Waals surface area contributed by atoms with Gasteiger partial charge in [-0.2, -0.15) is 8.78 Å². The maximum atomic E-state index is 12.8. The van der Waals surface area contributed by atoms with Crippen LogP contribution < -0.4 is 14.8 Å². The van der Waals surface area contributed by atoms with E-state index in [1.165, 1.54) is 17.9 Å². The predicted molar refractivity (Wildman–Crippen MR) is 114 cm³/mol. The standard InChI is InChI=1S/C23H26F2N4O4/c1-14(30)29-12-17(9-18(29)22(31)28-11-21-26-7-2-8-27-21)16-5-6-19(33-23(24)25)20(10-16)32-13-15-3-4-15/h2,5-8,10,15,17-18,23H,3-4,9,11-13H2,1H3,(H,28,31). The summed E-state index contributed by atoms with van der Waals surface area (Å²) in [7, 11) is 0. The SMILES string of the molecule is CC(=O)N1CC(c2ccc(OC(F)F)c(OCC3CC3)c2)CC1C(=O)NCc1ncccn1. The quantitative estimate of drug-likeness (QED) is 0.619. The van der Waals surface area contributed by atoms with Crippen LogP contribution in [-0.2, 0) is 16.1 Å². The Kier molecular flexibility index (Phi) is 7.00. The second-order valence-corrected chi connectivity index (χ2v) is 8.34. The van der Waals surface area contributed by atoms with E-state index in [1.807, 2.05) is 0 Å². The number of halogens is 2. The minimum Gasteiger partial charge on any atom is -0.489 e. The van der Waals surface area contributed by atoms with Crippen LogP contribution >= 0.6 is 0 Å². The second kappa shape index (κ2) is 10.1. The molecule has 2 aromatic rings. The molecular weight excluding hydrogens is 434 g/mol. The van der Waals surface area contributed by atoms with Gasteiger partial charge in [-0.3, -0.25) is 9.59 Å². The van der Waals surface area contributed by atoms with E-state index in [1.54, 1.807) is 30.6 Å². The fourth-order valence-electron chi connectivity index (χ4n) is 3.96. The Morgan fingerprint density at radius 3 is 2.64 bits per heavy atom. The first kappa shape index (κ1) is 22.9. The largest absolute Gasteiger partial charge is 0.489 e. The number of aromatic nitrogens is 2. The molecule has 1 saturated heterocycles.